The largest absolute Gasteiger partial charge is 0.465 e. The Hall–Kier alpha value is -3.26. The minimum atomic E-state index is -0.589. The SMILES string of the molecule is COC(=O)c1ccc(Cl)cc1NC(=O)c1ccc(-n2ccnc2)nn1. The van der Waals surface area contributed by atoms with Crippen LogP contribution in [0.3, 0.4) is 0 Å². The average Bonchev–Trinajstić information content (AvgIpc) is 3.16. The fourth-order valence-electron chi connectivity index (χ4n) is 2.07. The van der Waals surface area contributed by atoms with Gasteiger partial charge in [-0.2, -0.15) is 0 Å². The number of hydrogen-bond acceptors (Lipinski definition) is 6. The molecule has 1 N–H and O–H groups in total. The maximum atomic E-state index is 12.4. The van der Waals surface area contributed by atoms with E-state index >= 15 is 0 Å². The van der Waals surface area contributed by atoms with Gasteiger partial charge in [0.25, 0.3) is 5.91 Å². The van der Waals surface area contributed by atoms with Crippen LogP contribution in [0.25, 0.3) is 5.82 Å². The number of anilines is 1. The highest BCUT2D eigenvalue weighted by atomic mass is 35.5. The Labute approximate surface area is 147 Å². The van der Waals surface area contributed by atoms with Gasteiger partial charge in [0.05, 0.1) is 18.4 Å². The van der Waals surface area contributed by atoms with E-state index in [1.165, 1.54) is 31.4 Å². The lowest BCUT2D eigenvalue weighted by molar-refractivity contribution is 0.0602. The predicted octanol–water partition coefficient (Wildman–Crippen LogP) is 2.35. The molecule has 3 rings (SSSR count). The van der Waals surface area contributed by atoms with E-state index in [2.05, 4.69) is 20.5 Å². The summed E-state index contributed by atoms with van der Waals surface area (Å²) in [5.41, 5.74) is 0.493. The summed E-state index contributed by atoms with van der Waals surface area (Å²) in [6.45, 7) is 0. The molecule has 8 nitrogen and oxygen atoms in total. The highest BCUT2D eigenvalue weighted by Gasteiger charge is 2.16. The Kier molecular flexibility index (Phi) is 4.71. The number of rotatable bonds is 4. The quantitative estimate of drug-likeness (QED) is 0.719. The number of imidazole rings is 1. The fourth-order valence-corrected chi connectivity index (χ4v) is 2.24. The van der Waals surface area contributed by atoms with E-state index in [9.17, 15) is 9.59 Å². The van der Waals surface area contributed by atoms with E-state index in [1.54, 1.807) is 29.4 Å². The number of ether oxygens (including phenoxy) is 1. The Balaban J connectivity index is 1.83. The number of carbonyl (C=O) groups is 2. The molecule has 1 amide bonds. The molecule has 0 fully saturated rings. The van der Waals surface area contributed by atoms with Crippen molar-refractivity contribution in [1.29, 1.82) is 0 Å². The van der Waals surface area contributed by atoms with E-state index in [0.29, 0.717) is 10.8 Å². The minimum Gasteiger partial charge on any atom is -0.465 e. The van der Waals surface area contributed by atoms with Crippen molar-refractivity contribution in [2.75, 3.05) is 12.4 Å². The van der Waals surface area contributed by atoms with Crippen LogP contribution in [0.4, 0.5) is 5.69 Å². The van der Waals surface area contributed by atoms with Gasteiger partial charge >= 0.3 is 5.97 Å². The van der Waals surface area contributed by atoms with E-state index < -0.39 is 11.9 Å². The van der Waals surface area contributed by atoms with Crippen molar-refractivity contribution < 1.29 is 14.3 Å². The van der Waals surface area contributed by atoms with Crippen LogP contribution in [-0.4, -0.2) is 38.7 Å². The molecule has 3 aromatic rings. The molecular weight excluding hydrogens is 346 g/mol. The molecule has 0 radical (unpaired) electrons. The van der Waals surface area contributed by atoms with Crippen LogP contribution in [0.5, 0.6) is 0 Å². The van der Waals surface area contributed by atoms with Crippen molar-refractivity contribution in [1.82, 2.24) is 19.7 Å². The Morgan fingerprint density at radius 3 is 2.68 bits per heavy atom. The first-order valence-corrected chi connectivity index (χ1v) is 7.47. The topological polar surface area (TPSA) is 99.0 Å². The molecule has 2 heterocycles. The predicted molar refractivity (Wildman–Crippen MR) is 89.9 cm³/mol. The van der Waals surface area contributed by atoms with Gasteiger partial charge in [-0.05, 0) is 30.3 Å². The van der Waals surface area contributed by atoms with Crippen molar-refractivity contribution in [3.63, 3.8) is 0 Å². The number of aromatic nitrogens is 4. The van der Waals surface area contributed by atoms with Crippen LogP contribution in [0.2, 0.25) is 5.02 Å². The van der Waals surface area contributed by atoms with Crippen LogP contribution >= 0.6 is 11.6 Å². The van der Waals surface area contributed by atoms with Gasteiger partial charge in [-0.3, -0.25) is 9.36 Å². The van der Waals surface area contributed by atoms with E-state index in [1.807, 2.05) is 0 Å². The van der Waals surface area contributed by atoms with Crippen LogP contribution in [0.1, 0.15) is 20.8 Å². The van der Waals surface area contributed by atoms with Gasteiger partial charge in [0.1, 0.15) is 6.33 Å². The van der Waals surface area contributed by atoms with Crippen LogP contribution in [0.15, 0.2) is 49.1 Å². The normalized spacial score (nSPS) is 10.3. The van der Waals surface area contributed by atoms with Crippen LogP contribution in [-0.2, 0) is 4.74 Å². The van der Waals surface area contributed by atoms with Gasteiger partial charge in [-0.15, -0.1) is 10.2 Å². The summed E-state index contributed by atoms with van der Waals surface area (Å²) in [4.78, 5) is 28.1. The Morgan fingerprint density at radius 1 is 1.20 bits per heavy atom. The highest BCUT2D eigenvalue weighted by molar-refractivity contribution is 6.31. The fraction of sp³-hybridized carbons (Fsp3) is 0.0625. The lowest BCUT2D eigenvalue weighted by Crippen LogP contribution is -2.17. The summed E-state index contributed by atoms with van der Waals surface area (Å²) in [6.07, 6.45) is 4.88. The van der Waals surface area contributed by atoms with Crippen molar-refractivity contribution in [2.24, 2.45) is 0 Å². The molecule has 0 bridgehead atoms. The second kappa shape index (κ2) is 7.10. The molecule has 0 aliphatic rings. The molecule has 0 aliphatic carbocycles. The zero-order chi connectivity index (χ0) is 17.8. The third-order valence-corrected chi connectivity index (χ3v) is 3.52. The number of amides is 1. The number of carbonyl (C=O) groups excluding carboxylic acids is 2. The van der Waals surface area contributed by atoms with Crippen LogP contribution < -0.4 is 5.32 Å². The summed E-state index contributed by atoms with van der Waals surface area (Å²) < 4.78 is 6.34. The maximum Gasteiger partial charge on any atom is 0.339 e. The van der Waals surface area contributed by atoms with Gasteiger partial charge in [0, 0.05) is 17.4 Å². The molecule has 126 valence electrons. The third-order valence-electron chi connectivity index (χ3n) is 3.29. The lowest BCUT2D eigenvalue weighted by Gasteiger charge is -2.10. The van der Waals surface area contributed by atoms with Gasteiger partial charge < -0.3 is 10.1 Å². The lowest BCUT2D eigenvalue weighted by atomic mass is 10.1. The number of halogens is 1. The number of nitrogens with zero attached hydrogens (tertiary/aromatic N) is 4. The summed E-state index contributed by atoms with van der Waals surface area (Å²) in [5.74, 6) is -0.599. The second-order valence-corrected chi connectivity index (χ2v) is 5.32. The van der Waals surface area contributed by atoms with E-state index in [0.717, 1.165) is 0 Å². The first-order valence-electron chi connectivity index (χ1n) is 7.10. The van der Waals surface area contributed by atoms with Gasteiger partial charge in [-0.1, -0.05) is 11.6 Å². The zero-order valence-electron chi connectivity index (χ0n) is 13.0. The van der Waals surface area contributed by atoms with Crippen molar-refractivity contribution in [3.8, 4) is 5.82 Å². The number of methoxy groups -OCH3 is 1. The highest BCUT2D eigenvalue weighted by Crippen LogP contribution is 2.22. The first kappa shape index (κ1) is 16.6. The molecule has 0 saturated heterocycles. The molecule has 2 aromatic heterocycles. The maximum absolute atomic E-state index is 12.4. The number of nitrogens with one attached hydrogen (secondary N) is 1. The molecule has 0 unspecified atom stereocenters. The number of hydrogen-bond donors (Lipinski definition) is 1. The van der Waals surface area contributed by atoms with Crippen molar-refractivity contribution in [3.05, 3.63) is 65.3 Å². The van der Waals surface area contributed by atoms with Gasteiger partial charge in [0.15, 0.2) is 11.5 Å². The first-order chi connectivity index (χ1) is 12.1. The van der Waals surface area contributed by atoms with E-state index in [-0.39, 0.29) is 16.9 Å². The standard InChI is InChI=1S/C16H12ClN5O3/c1-25-16(24)11-3-2-10(17)8-13(11)19-15(23)12-4-5-14(21-20-12)22-7-6-18-9-22/h2-9H,1H3,(H,19,23). The Morgan fingerprint density at radius 2 is 2.04 bits per heavy atom. The van der Waals surface area contributed by atoms with E-state index in [4.69, 9.17) is 16.3 Å². The summed E-state index contributed by atoms with van der Waals surface area (Å²) >= 11 is 5.93. The zero-order valence-corrected chi connectivity index (χ0v) is 13.8. The second-order valence-electron chi connectivity index (χ2n) is 4.88. The van der Waals surface area contributed by atoms with Crippen molar-refractivity contribution >= 4 is 29.2 Å². The smallest absolute Gasteiger partial charge is 0.339 e. The molecule has 25 heavy (non-hydrogen) atoms. The number of esters is 1. The minimum absolute atomic E-state index is 0.0830. The van der Waals surface area contributed by atoms with Gasteiger partial charge in [-0.25, -0.2) is 9.78 Å². The molecule has 0 spiro atoms. The summed E-state index contributed by atoms with van der Waals surface area (Å²) in [5, 5.41) is 10.8. The molecule has 0 saturated carbocycles. The molecule has 1 aromatic carbocycles. The average molecular weight is 358 g/mol. The van der Waals surface area contributed by atoms with Crippen molar-refractivity contribution in [2.45, 2.75) is 0 Å². The molecule has 9 heteroatoms. The Bertz CT molecular complexity index is 910. The number of benzene rings is 1. The molecule has 0 aliphatic heterocycles. The third kappa shape index (κ3) is 3.64. The van der Waals surface area contributed by atoms with Gasteiger partial charge in [0.2, 0.25) is 0 Å². The van der Waals surface area contributed by atoms with Crippen LogP contribution in [0, 0.1) is 0 Å². The molecular formula is C16H12ClN5O3. The summed E-state index contributed by atoms with van der Waals surface area (Å²) in [6, 6.07) is 7.60. The summed E-state index contributed by atoms with van der Waals surface area (Å²) in [7, 11) is 1.25. The monoisotopic (exact) mass is 357 g/mol. The molecule has 0 atom stereocenters.